The Morgan fingerprint density at radius 3 is 2.09 bits per heavy atom. The quantitative estimate of drug-likeness (QED) is 0.581. The number of hydrogen-bond acceptors (Lipinski definition) is 3. The first kappa shape index (κ1) is 16.1. The minimum Gasteiger partial charge on any atom is -0.494 e. The number of hydrogen-bond donors (Lipinski definition) is 0. The second kappa shape index (κ2) is 7.64. The fourth-order valence-electron chi connectivity index (χ4n) is 2.18. The van der Waals surface area contributed by atoms with Gasteiger partial charge in [-0.05, 0) is 61.2 Å². The molecule has 2 rings (SSSR count). The number of carbonyl (C=O) groups excluding carboxylic acids is 1. The fraction of sp³-hybridized carbons (Fsp3) is 0.316. The van der Waals surface area contributed by atoms with E-state index in [1.807, 2.05) is 31.2 Å². The van der Waals surface area contributed by atoms with Crippen molar-refractivity contribution in [2.24, 2.45) is 5.92 Å². The summed E-state index contributed by atoms with van der Waals surface area (Å²) < 4.78 is 10.7. The van der Waals surface area contributed by atoms with E-state index in [-0.39, 0.29) is 5.97 Å². The van der Waals surface area contributed by atoms with Gasteiger partial charge in [0, 0.05) is 0 Å². The Kier molecular flexibility index (Phi) is 5.59. The highest BCUT2D eigenvalue weighted by atomic mass is 16.5. The molecule has 2 aromatic carbocycles. The molecular formula is C19H22O3. The van der Waals surface area contributed by atoms with Gasteiger partial charge in [0.1, 0.15) is 11.5 Å². The maximum atomic E-state index is 12.1. The van der Waals surface area contributed by atoms with Crippen molar-refractivity contribution in [2.75, 3.05) is 6.61 Å². The van der Waals surface area contributed by atoms with Crippen LogP contribution in [0.25, 0.3) is 0 Å². The van der Waals surface area contributed by atoms with Crippen LogP contribution in [0.15, 0.2) is 48.5 Å². The lowest BCUT2D eigenvalue weighted by Crippen LogP contribution is -2.08. The van der Waals surface area contributed by atoms with Gasteiger partial charge in [-0.15, -0.1) is 0 Å². The van der Waals surface area contributed by atoms with Crippen LogP contribution in [-0.4, -0.2) is 12.6 Å². The lowest BCUT2D eigenvalue weighted by atomic mass is 10.0. The van der Waals surface area contributed by atoms with Crippen molar-refractivity contribution in [1.82, 2.24) is 0 Å². The Morgan fingerprint density at radius 2 is 1.55 bits per heavy atom. The maximum Gasteiger partial charge on any atom is 0.343 e. The highest BCUT2D eigenvalue weighted by Crippen LogP contribution is 2.19. The topological polar surface area (TPSA) is 35.5 Å². The molecule has 0 bridgehead atoms. The molecule has 3 nitrogen and oxygen atoms in total. The second-order valence-electron chi connectivity index (χ2n) is 5.59. The van der Waals surface area contributed by atoms with Crippen LogP contribution in [0.1, 0.15) is 36.7 Å². The second-order valence-corrected chi connectivity index (χ2v) is 5.59. The first-order valence-corrected chi connectivity index (χ1v) is 7.62. The summed E-state index contributed by atoms with van der Waals surface area (Å²) in [5.74, 6) is 1.53. The van der Waals surface area contributed by atoms with E-state index >= 15 is 0 Å². The SMILES string of the molecule is CCOc1ccc(OC(=O)c2ccc(CC(C)C)cc2)cc1. The van der Waals surface area contributed by atoms with Crippen LogP contribution in [0.2, 0.25) is 0 Å². The third-order valence-corrected chi connectivity index (χ3v) is 3.18. The molecular weight excluding hydrogens is 276 g/mol. The van der Waals surface area contributed by atoms with Gasteiger partial charge >= 0.3 is 5.97 Å². The zero-order valence-corrected chi connectivity index (χ0v) is 13.3. The molecule has 116 valence electrons. The molecule has 0 aliphatic rings. The average molecular weight is 298 g/mol. The molecule has 0 aliphatic heterocycles. The Morgan fingerprint density at radius 1 is 0.955 bits per heavy atom. The molecule has 3 heteroatoms. The smallest absolute Gasteiger partial charge is 0.343 e. The normalized spacial score (nSPS) is 10.5. The Balaban J connectivity index is 1.99. The third kappa shape index (κ3) is 4.62. The summed E-state index contributed by atoms with van der Waals surface area (Å²) in [6.07, 6.45) is 1.01. The predicted octanol–water partition coefficient (Wildman–Crippen LogP) is 4.50. The van der Waals surface area contributed by atoms with Gasteiger partial charge in [0.25, 0.3) is 0 Å². The van der Waals surface area contributed by atoms with E-state index < -0.39 is 0 Å². The van der Waals surface area contributed by atoms with Crippen molar-refractivity contribution in [3.63, 3.8) is 0 Å². The lowest BCUT2D eigenvalue weighted by Gasteiger charge is -2.08. The first-order valence-electron chi connectivity index (χ1n) is 7.62. The summed E-state index contributed by atoms with van der Waals surface area (Å²) in [4.78, 5) is 12.1. The average Bonchev–Trinajstić information content (AvgIpc) is 2.49. The number of ether oxygens (including phenoxy) is 2. The van der Waals surface area contributed by atoms with Crippen LogP contribution in [0.4, 0.5) is 0 Å². The van der Waals surface area contributed by atoms with Gasteiger partial charge in [-0.25, -0.2) is 4.79 Å². The number of carbonyl (C=O) groups is 1. The van der Waals surface area contributed by atoms with Crippen LogP contribution in [-0.2, 0) is 6.42 Å². The van der Waals surface area contributed by atoms with Crippen molar-refractivity contribution in [1.29, 1.82) is 0 Å². The highest BCUT2D eigenvalue weighted by Gasteiger charge is 2.09. The highest BCUT2D eigenvalue weighted by molar-refractivity contribution is 5.91. The van der Waals surface area contributed by atoms with Crippen molar-refractivity contribution in [2.45, 2.75) is 27.2 Å². The van der Waals surface area contributed by atoms with Crippen molar-refractivity contribution in [3.05, 3.63) is 59.7 Å². The molecule has 0 aromatic heterocycles. The van der Waals surface area contributed by atoms with Crippen molar-refractivity contribution >= 4 is 5.97 Å². The Labute approximate surface area is 131 Å². The molecule has 22 heavy (non-hydrogen) atoms. The van der Waals surface area contributed by atoms with E-state index in [0.717, 1.165) is 12.2 Å². The minimum absolute atomic E-state index is 0.347. The van der Waals surface area contributed by atoms with Crippen molar-refractivity contribution < 1.29 is 14.3 Å². The molecule has 0 unspecified atom stereocenters. The zero-order valence-electron chi connectivity index (χ0n) is 13.3. The molecule has 0 radical (unpaired) electrons. The molecule has 0 saturated carbocycles. The first-order chi connectivity index (χ1) is 10.6. The summed E-state index contributed by atoms with van der Waals surface area (Å²) in [5.41, 5.74) is 1.79. The number of benzene rings is 2. The minimum atomic E-state index is -0.347. The molecule has 0 atom stereocenters. The van der Waals surface area contributed by atoms with Gasteiger partial charge in [0.15, 0.2) is 0 Å². The van der Waals surface area contributed by atoms with Crippen LogP contribution in [0.3, 0.4) is 0 Å². The van der Waals surface area contributed by atoms with Gasteiger partial charge in [-0.2, -0.15) is 0 Å². The summed E-state index contributed by atoms with van der Waals surface area (Å²) in [6, 6.07) is 14.6. The van der Waals surface area contributed by atoms with E-state index in [2.05, 4.69) is 13.8 Å². The van der Waals surface area contributed by atoms with E-state index in [1.54, 1.807) is 24.3 Å². The fourth-order valence-corrected chi connectivity index (χ4v) is 2.18. The van der Waals surface area contributed by atoms with E-state index in [9.17, 15) is 4.79 Å². The van der Waals surface area contributed by atoms with E-state index in [0.29, 0.717) is 23.8 Å². The van der Waals surface area contributed by atoms with E-state index in [4.69, 9.17) is 9.47 Å². The van der Waals surface area contributed by atoms with Crippen LogP contribution in [0.5, 0.6) is 11.5 Å². The molecule has 2 aromatic rings. The van der Waals surface area contributed by atoms with Gasteiger partial charge in [0.05, 0.1) is 12.2 Å². The van der Waals surface area contributed by atoms with Gasteiger partial charge in [-0.3, -0.25) is 0 Å². The van der Waals surface area contributed by atoms with Gasteiger partial charge < -0.3 is 9.47 Å². The molecule has 0 heterocycles. The van der Waals surface area contributed by atoms with Gasteiger partial charge in [-0.1, -0.05) is 26.0 Å². The standard InChI is InChI=1S/C19H22O3/c1-4-21-17-9-11-18(12-10-17)22-19(20)16-7-5-15(6-8-16)13-14(2)3/h5-12,14H,4,13H2,1-3H3. The summed E-state index contributed by atoms with van der Waals surface area (Å²) in [6.45, 7) is 6.89. The Hall–Kier alpha value is -2.29. The van der Waals surface area contributed by atoms with Crippen LogP contribution < -0.4 is 9.47 Å². The number of esters is 1. The summed E-state index contributed by atoms with van der Waals surface area (Å²) in [5, 5.41) is 0. The largest absolute Gasteiger partial charge is 0.494 e. The maximum absolute atomic E-state index is 12.1. The van der Waals surface area contributed by atoms with Crippen LogP contribution >= 0.6 is 0 Å². The molecule has 0 saturated heterocycles. The van der Waals surface area contributed by atoms with Crippen LogP contribution in [0, 0.1) is 5.92 Å². The zero-order chi connectivity index (χ0) is 15.9. The molecule has 0 amide bonds. The third-order valence-electron chi connectivity index (χ3n) is 3.18. The monoisotopic (exact) mass is 298 g/mol. The Bertz CT molecular complexity index is 598. The summed E-state index contributed by atoms with van der Waals surface area (Å²) >= 11 is 0. The molecule has 0 spiro atoms. The molecule has 0 N–H and O–H groups in total. The van der Waals surface area contributed by atoms with E-state index in [1.165, 1.54) is 5.56 Å². The van der Waals surface area contributed by atoms with Gasteiger partial charge in [0.2, 0.25) is 0 Å². The number of rotatable bonds is 6. The lowest BCUT2D eigenvalue weighted by molar-refractivity contribution is 0.0734. The van der Waals surface area contributed by atoms with Crippen molar-refractivity contribution in [3.8, 4) is 11.5 Å². The molecule has 0 fully saturated rings. The molecule has 0 aliphatic carbocycles. The summed E-state index contributed by atoms with van der Waals surface area (Å²) in [7, 11) is 0. The predicted molar refractivity (Wildman–Crippen MR) is 87.6 cm³/mol.